The van der Waals surface area contributed by atoms with Gasteiger partial charge in [0.25, 0.3) is 0 Å². The molecule has 1 fully saturated rings. The summed E-state index contributed by atoms with van der Waals surface area (Å²) in [7, 11) is 0. The lowest BCUT2D eigenvalue weighted by Gasteiger charge is -2.33. The minimum Gasteiger partial charge on any atom is -0.348 e. The first-order valence-corrected chi connectivity index (χ1v) is 10.9. The van der Waals surface area contributed by atoms with Gasteiger partial charge in [0, 0.05) is 19.0 Å². The molecular weight excluding hydrogens is 416 g/mol. The third-order valence-electron chi connectivity index (χ3n) is 5.63. The smallest absolute Gasteiger partial charge is 0.242 e. The van der Waals surface area contributed by atoms with E-state index in [0.29, 0.717) is 38.3 Å². The Balaban J connectivity index is 0.00000480. The quantitative estimate of drug-likeness (QED) is 0.563. The van der Waals surface area contributed by atoms with Gasteiger partial charge in [0.05, 0.1) is 12.1 Å². The summed E-state index contributed by atoms with van der Waals surface area (Å²) in [5.74, 6) is -0.220. The fourth-order valence-electron chi connectivity index (χ4n) is 3.77. The van der Waals surface area contributed by atoms with E-state index in [1.165, 1.54) is 0 Å². The lowest BCUT2D eigenvalue weighted by molar-refractivity contribution is -0.137. The molecule has 0 bridgehead atoms. The molecule has 1 aromatic carbocycles. The molecule has 7 nitrogen and oxygen atoms in total. The zero-order chi connectivity index (χ0) is 22.3. The molecule has 3 amide bonds. The van der Waals surface area contributed by atoms with Crippen molar-refractivity contribution in [3.63, 3.8) is 0 Å². The Morgan fingerprint density at radius 2 is 1.61 bits per heavy atom. The highest BCUT2D eigenvalue weighted by Crippen LogP contribution is 2.19. The van der Waals surface area contributed by atoms with Crippen LogP contribution in [0.15, 0.2) is 30.3 Å². The molecular formula is C23H37ClN4O3. The predicted molar refractivity (Wildman–Crippen MR) is 125 cm³/mol. The molecule has 2 rings (SSSR count). The first kappa shape index (κ1) is 26.9. The fraction of sp³-hybridized carbons (Fsp3) is 0.609. The molecule has 4 N–H and O–H groups in total. The summed E-state index contributed by atoms with van der Waals surface area (Å²) in [5, 5.41) is 5.75. The second-order valence-corrected chi connectivity index (χ2v) is 8.71. The van der Waals surface area contributed by atoms with Crippen LogP contribution in [0.25, 0.3) is 0 Å². The lowest BCUT2D eigenvalue weighted by atomic mass is 9.94. The highest BCUT2D eigenvalue weighted by atomic mass is 35.5. The molecule has 1 heterocycles. The van der Waals surface area contributed by atoms with Gasteiger partial charge in [-0.15, -0.1) is 12.4 Å². The summed E-state index contributed by atoms with van der Waals surface area (Å²) in [4.78, 5) is 39.3. The monoisotopic (exact) mass is 452 g/mol. The zero-order valence-corrected chi connectivity index (χ0v) is 19.8. The maximum Gasteiger partial charge on any atom is 0.242 e. The van der Waals surface area contributed by atoms with Gasteiger partial charge < -0.3 is 21.3 Å². The summed E-state index contributed by atoms with van der Waals surface area (Å²) < 4.78 is 0. The number of halogens is 1. The number of piperidine rings is 1. The van der Waals surface area contributed by atoms with E-state index in [1.807, 2.05) is 51.1 Å². The maximum absolute atomic E-state index is 12.6. The number of nitrogens with zero attached hydrogens (tertiary/aromatic N) is 1. The summed E-state index contributed by atoms with van der Waals surface area (Å²) in [5.41, 5.74) is 7.02. The largest absolute Gasteiger partial charge is 0.348 e. The molecule has 1 aromatic rings. The minimum atomic E-state index is -0.622. The van der Waals surface area contributed by atoms with Crippen LogP contribution >= 0.6 is 12.4 Å². The maximum atomic E-state index is 12.6. The molecule has 3 atom stereocenters. The van der Waals surface area contributed by atoms with Crippen molar-refractivity contribution < 1.29 is 14.4 Å². The van der Waals surface area contributed by atoms with Crippen LogP contribution in [-0.2, 0) is 14.4 Å². The van der Waals surface area contributed by atoms with E-state index in [-0.39, 0.29) is 42.1 Å². The number of carbonyl (C=O) groups excluding carboxylic acids is 3. The van der Waals surface area contributed by atoms with E-state index < -0.39 is 12.1 Å². The number of carbonyl (C=O) groups is 3. The number of nitrogens with two attached hydrogens (primary N) is 1. The Kier molecular flexibility index (Phi) is 11.0. The molecule has 8 heteroatoms. The van der Waals surface area contributed by atoms with Crippen molar-refractivity contribution in [1.82, 2.24) is 15.5 Å². The number of benzene rings is 1. The van der Waals surface area contributed by atoms with Gasteiger partial charge >= 0.3 is 0 Å². The third kappa shape index (κ3) is 8.15. The van der Waals surface area contributed by atoms with Crippen LogP contribution < -0.4 is 16.4 Å². The van der Waals surface area contributed by atoms with Crippen LogP contribution in [0.2, 0.25) is 0 Å². The van der Waals surface area contributed by atoms with Crippen molar-refractivity contribution in [3.05, 3.63) is 35.9 Å². The standard InChI is InChI=1S/C23H36N4O3.ClH/c1-15(2)14-20(24)23(30)27-12-10-19(11-13-27)22(29)26-17(4)21(28)25-16(3)18-8-6-5-7-9-18;/h5-9,15-17,19-20H,10-14,24H2,1-4H3,(H,25,28)(H,26,29);1H/t16?,17-,20-;/m0./s1. The third-order valence-corrected chi connectivity index (χ3v) is 5.63. The molecule has 0 saturated carbocycles. The van der Waals surface area contributed by atoms with Crippen molar-refractivity contribution in [1.29, 1.82) is 0 Å². The Morgan fingerprint density at radius 3 is 2.16 bits per heavy atom. The first-order valence-electron chi connectivity index (χ1n) is 10.9. The molecule has 0 radical (unpaired) electrons. The summed E-state index contributed by atoms with van der Waals surface area (Å²) in [6, 6.07) is 8.45. The van der Waals surface area contributed by atoms with Crippen LogP contribution in [-0.4, -0.2) is 47.8 Å². The molecule has 0 aliphatic carbocycles. The van der Waals surface area contributed by atoms with E-state index in [0.717, 1.165) is 5.56 Å². The molecule has 0 spiro atoms. The van der Waals surface area contributed by atoms with E-state index in [1.54, 1.807) is 11.8 Å². The van der Waals surface area contributed by atoms with E-state index in [9.17, 15) is 14.4 Å². The normalized spacial score (nSPS) is 17.3. The van der Waals surface area contributed by atoms with Crippen molar-refractivity contribution in [2.24, 2.45) is 17.6 Å². The van der Waals surface area contributed by atoms with Gasteiger partial charge in [0.1, 0.15) is 6.04 Å². The second-order valence-electron chi connectivity index (χ2n) is 8.71. The summed E-state index contributed by atoms with van der Waals surface area (Å²) >= 11 is 0. The minimum absolute atomic E-state index is 0. The second kappa shape index (κ2) is 12.7. The Labute approximate surface area is 191 Å². The van der Waals surface area contributed by atoms with Crippen molar-refractivity contribution >= 4 is 30.1 Å². The molecule has 1 aliphatic rings. The van der Waals surface area contributed by atoms with Crippen molar-refractivity contribution in [2.45, 2.75) is 65.1 Å². The summed E-state index contributed by atoms with van der Waals surface area (Å²) in [6.07, 6.45) is 1.83. The average Bonchev–Trinajstić information content (AvgIpc) is 2.73. The number of nitrogens with one attached hydrogen (secondary N) is 2. The van der Waals surface area contributed by atoms with Crippen LogP contribution in [0.1, 0.15) is 58.6 Å². The Hall–Kier alpha value is -2.12. The van der Waals surface area contributed by atoms with E-state index in [4.69, 9.17) is 5.73 Å². The number of hydrogen-bond donors (Lipinski definition) is 3. The van der Waals surface area contributed by atoms with E-state index >= 15 is 0 Å². The van der Waals surface area contributed by atoms with Gasteiger partial charge in [0.2, 0.25) is 17.7 Å². The van der Waals surface area contributed by atoms with Gasteiger partial charge in [-0.3, -0.25) is 14.4 Å². The molecule has 1 saturated heterocycles. The van der Waals surface area contributed by atoms with Crippen LogP contribution in [0, 0.1) is 11.8 Å². The molecule has 0 aromatic heterocycles. The summed E-state index contributed by atoms with van der Waals surface area (Å²) in [6.45, 7) is 8.74. The molecule has 1 unspecified atom stereocenters. The lowest BCUT2D eigenvalue weighted by Crippen LogP contribution is -2.51. The topological polar surface area (TPSA) is 105 Å². The Bertz CT molecular complexity index is 721. The van der Waals surface area contributed by atoms with Crippen molar-refractivity contribution in [3.8, 4) is 0 Å². The number of rotatable bonds is 8. The number of hydrogen-bond acceptors (Lipinski definition) is 4. The fourth-order valence-corrected chi connectivity index (χ4v) is 3.77. The van der Waals surface area contributed by atoms with E-state index in [2.05, 4.69) is 10.6 Å². The average molecular weight is 453 g/mol. The van der Waals surface area contributed by atoms with Gasteiger partial charge in [-0.2, -0.15) is 0 Å². The molecule has 31 heavy (non-hydrogen) atoms. The van der Waals surface area contributed by atoms with Crippen LogP contribution in [0.3, 0.4) is 0 Å². The Morgan fingerprint density at radius 1 is 1.03 bits per heavy atom. The molecule has 174 valence electrons. The SMILES string of the molecule is CC(C)C[C@H](N)C(=O)N1CCC(C(=O)N[C@@H](C)C(=O)NC(C)c2ccccc2)CC1.Cl. The van der Waals surface area contributed by atoms with Gasteiger partial charge in [-0.1, -0.05) is 44.2 Å². The highest BCUT2D eigenvalue weighted by molar-refractivity contribution is 5.88. The number of likely N-dealkylation sites (tertiary alicyclic amines) is 1. The number of amides is 3. The highest BCUT2D eigenvalue weighted by Gasteiger charge is 2.31. The van der Waals surface area contributed by atoms with Gasteiger partial charge in [-0.25, -0.2) is 0 Å². The predicted octanol–water partition coefficient (Wildman–Crippen LogP) is 2.40. The van der Waals surface area contributed by atoms with Crippen molar-refractivity contribution in [2.75, 3.05) is 13.1 Å². The zero-order valence-electron chi connectivity index (χ0n) is 19.0. The first-order chi connectivity index (χ1) is 14.2. The van der Waals surface area contributed by atoms with Gasteiger partial charge in [0.15, 0.2) is 0 Å². The molecule has 1 aliphatic heterocycles. The van der Waals surface area contributed by atoms with Crippen LogP contribution in [0.5, 0.6) is 0 Å². The van der Waals surface area contributed by atoms with Crippen LogP contribution in [0.4, 0.5) is 0 Å². The van der Waals surface area contributed by atoms with Gasteiger partial charge in [-0.05, 0) is 44.6 Å².